The lowest BCUT2D eigenvalue weighted by Gasteiger charge is -2.14. The minimum Gasteiger partial charge on any atom is -0.449 e. The van der Waals surface area contributed by atoms with Crippen molar-refractivity contribution in [1.29, 1.82) is 0 Å². The summed E-state index contributed by atoms with van der Waals surface area (Å²) in [6.07, 6.45) is -1.16. The molecule has 0 aromatic heterocycles. The number of ether oxygens (including phenoxy) is 1. The van der Waals surface area contributed by atoms with Crippen LogP contribution in [-0.4, -0.2) is 35.7 Å². The molecule has 0 aliphatic rings. The molecule has 2 rings (SSSR count). The second kappa shape index (κ2) is 8.76. The number of hydrogen-bond donors (Lipinski definition) is 2. The Morgan fingerprint density at radius 2 is 1.82 bits per heavy atom. The van der Waals surface area contributed by atoms with Crippen LogP contribution >= 0.6 is 0 Å². The summed E-state index contributed by atoms with van der Waals surface area (Å²) in [7, 11) is 1.52. The zero-order valence-corrected chi connectivity index (χ0v) is 15.5. The van der Waals surface area contributed by atoms with Crippen molar-refractivity contribution >= 4 is 34.7 Å². The van der Waals surface area contributed by atoms with Crippen molar-refractivity contribution < 1.29 is 24.0 Å². The molecule has 0 aliphatic heterocycles. The fourth-order valence-electron chi connectivity index (χ4n) is 2.36. The van der Waals surface area contributed by atoms with E-state index in [-0.39, 0.29) is 22.7 Å². The minimum atomic E-state index is -1.16. The SMILES string of the molecule is CNc1ccc(C(=O)O[C@H](C)C(=O)Nc2cccc(C(C)=O)c2)cc1[N+](=O)[O-]. The lowest BCUT2D eigenvalue weighted by atomic mass is 10.1. The van der Waals surface area contributed by atoms with Crippen molar-refractivity contribution in [2.45, 2.75) is 20.0 Å². The molecule has 0 saturated heterocycles. The second-order valence-electron chi connectivity index (χ2n) is 5.91. The molecule has 9 nitrogen and oxygen atoms in total. The van der Waals surface area contributed by atoms with Crippen LogP contribution in [0.25, 0.3) is 0 Å². The van der Waals surface area contributed by atoms with Gasteiger partial charge < -0.3 is 15.4 Å². The Morgan fingerprint density at radius 3 is 2.43 bits per heavy atom. The number of carbonyl (C=O) groups excluding carboxylic acids is 3. The Kier molecular flexibility index (Phi) is 6.43. The van der Waals surface area contributed by atoms with Crippen LogP contribution in [0.5, 0.6) is 0 Å². The summed E-state index contributed by atoms with van der Waals surface area (Å²) in [4.78, 5) is 46.4. The summed E-state index contributed by atoms with van der Waals surface area (Å²) in [5.41, 5.74) is 0.728. The van der Waals surface area contributed by atoms with Crippen molar-refractivity contribution in [2.75, 3.05) is 17.7 Å². The molecule has 1 amide bonds. The van der Waals surface area contributed by atoms with Crippen molar-refractivity contribution in [3.05, 3.63) is 63.7 Å². The number of Topliss-reactive ketones (excluding diaryl/α,β-unsaturated/α-hetero) is 1. The number of amides is 1. The van der Waals surface area contributed by atoms with Gasteiger partial charge in [0.15, 0.2) is 11.9 Å². The van der Waals surface area contributed by atoms with Gasteiger partial charge in [0.25, 0.3) is 11.6 Å². The third-order valence-corrected chi connectivity index (χ3v) is 3.89. The predicted molar refractivity (Wildman–Crippen MR) is 103 cm³/mol. The number of anilines is 2. The lowest BCUT2D eigenvalue weighted by molar-refractivity contribution is -0.384. The fourth-order valence-corrected chi connectivity index (χ4v) is 2.36. The number of ketones is 1. The van der Waals surface area contributed by atoms with E-state index in [0.29, 0.717) is 11.3 Å². The van der Waals surface area contributed by atoms with Crippen molar-refractivity contribution in [1.82, 2.24) is 0 Å². The molecule has 2 aromatic carbocycles. The molecule has 146 valence electrons. The zero-order chi connectivity index (χ0) is 20.8. The van der Waals surface area contributed by atoms with Crippen LogP contribution < -0.4 is 10.6 Å². The van der Waals surface area contributed by atoms with E-state index in [1.54, 1.807) is 18.2 Å². The molecule has 28 heavy (non-hydrogen) atoms. The predicted octanol–water partition coefficient (Wildman–Crippen LogP) is 3.02. The van der Waals surface area contributed by atoms with E-state index >= 15 is 0 Å². The molecule has 0 unspecified atom stereocenters. The average Bonchev–Trinajstić information content (AvgIpc) is 2.67. The van der Waals surface area contributed by atoms with Crippen LogP contribution in [0.1, 0.15) is 34.6 Å². The number of esters is 1. The number of carbonyl (C=O) groups is 3. The van der Waals surface area contributed by atoms with E-state index in [9.17, 15) is 24.5 Å². The lowest BCUT2D eigenvalue weighted by Crippen LogP contribution is -2.30. The van der Waals surface area contributed by atoms with Gasteiger partial charge in [0, 0.05) is 24.4 Å². The van der Waals surface area contributed by atoms with Crippen LogP contribution in [0, 0.1) is 10.1 Å². The van der Waals surface area contributed by atoms with Crippen LogP contribution in [0.2, 0.25) is 0 Å². The number of nitrogens with zero attached hydrogens (tertiary/aromatic N) is 1. The van der Waals surface area contributed by atoms with Crippen LogP contribution in [0.4, 0.5) is 17.1 Å². The number of nitro benzene ring substituents is 1. The van der Waals surface area contributed by atoms with Gasteiger partial charge >= 0.3 is 5.97 Å². The number of benzene rings is 2. The molecule has 2 N–H and O–H groups in total. The molecule has 2 aromatic rings. The smallest absolute Gasteiger partial charge is 0.339 e. The Labute approximate surface area is 160 Å². The quantitative estimate of drug-likeness (QED) is 0.324. The van der Waals surface area contributed by atoms with Gasteiger partial charge in [0.2, 0.25) is 0 Å². The third kappa shape index (κ3) is 4.91. The molecular formula is C19H19N3O6. The van der Waals surface area contributed by atoms with Crippen LogP contribution in [0.3, 0.4) is 0 Å². The molecule has 0 spiro atoms. The normalized spacial score (nSPS) is 11.2. The van der Waals surface area contributed by atoms with E-state index in [4.69, 9.17) is 4.74 Å². The number of nitrogens with one attached hydrogen (secondary N) is 2. The zero-order valence-electron chi connectivity index (χ0n) is 15.5. The minimum absolute atomic E-state index is 0.0519. The third-order valence-electron chi connectivity index (χ3n) is 3.89. The maximum absolute atomic E-state index is 12.2. The van der Waals surface area contributed by atoms with Gasteiger partial charge in [-0.2, -0.15) is 0 Å². The molecule has 0 radical (unpaired) electrons. The highest BCUT2D eigenvalue weighted by molar-refractivity contribution is 5.99. The van der Waals surface area contributed by atoms with Gasteiger partial charge in [-0.1, -0.05) is 12.1 Å². The molecule has 0 heterocycles. The summed E-state index contributed by atoms with van der Waals surface area (Å²) in [5, 5.41) is 16.3. The highest BCUT2D eigenvalue weighted by atomic mass is 16.6. The Balaban J connectivity index is 2.08. The summed E-state index contributed by atoms with van der Waals surface area (Å²) < 4.78 is 5.10. The summed E-state index contributed by atoms with van der Waals surface area (Å²) >= 11 is 0. The Bertz CT molecular complexity index is 941. The molecule has 0 bridgehead atoms. The van der Waals surface area contributed by atoms with E-state index < -0.39 is 22.9 Å². The first-order chi connectivity index (χ1) is 13.2. The van der Waals surface area contributed by atoms with Crippen LogP contribution in [-0.2, 0) is 9.53 Å². The molecule has 9 heteroatoms. The van der Waals surface area contributed by atoms with Crippen molar-refractivity contribution in [2.24, 2.45) is 0 Å². The van der Waals surface area contributed by atoms with E-state index in [1.165, 1.54) is 39.1 Å². The van der Waals surface area contributed by atoms with Gasteiger partial charge in [-0.25, -0.2) is 4.79 Å². The first-order valence-corrected chi connectivity index (χ1v) is 8.32. The maximum Gasteiger partial charge on any atom is 0.339 e. The molecule has 0 aliphatic carbocycles. The molecule has 1 atom stereocenters. The first kappa shape index (κ1) is 20.6. The topological polar surface area (TPSA) is 128 Å². The Morgan fingerprint density at radius 1 is 1.11 bits per heavy atom. The highest BCUT2D eigenvalue weighted by Crippen LogP contribution is 2.25. The van der Waals surface area contributed by atoms with Crippen molar-refractivity contribution in [3.8, 4) is 0 Å². The van der Waals surface area contributed by atoms with Gasteiger partial charge in [0.05, 0.1) is 10.5 Å². The van der Waals surface area contributed by atoms with Gasteiger partial charge in [-0.15, -0.1) is 0 Å². The average molecular weight is 385 g/mol. The first-order valence-electron chi connectivity index (χ1n) is 8.32. The Hall–Kier alpha value is -3.75. The van der Waals surface area contributed by atoms with Crippen molar-refractivity contribution in [3.63, 3.8) is 0 Å². The van der Waals surface area contributed by atoms with E-state index in [0.717, 1.165) is 6.07 Å². The second-order valence-corrected chi connectivity index (χ2v) is 5.91. The summed E-state index contributed by atoms with van der Waals surface area (Å²) in [6.45, 7) is 2.78. The number of rotatable bonds is 7. The monoisotopic (exact) mass is 385 g/mol. The summed E-state index contributed by atoms with van der Waals surface area (Å²) in [6, 6.07) is 10.2. The van der Waals surface area contributed by atoms with Gasteiger partial charge in [-0.05, 0) is 38.1 Å². The van der Waals surface area contributed by atoms with E-state index in [2.05, 4.69) is 10.6 Å². The highest BCUT2D eigenvalue weighted by Gasteiger charge is 2.22. The number of nitro groups is 1. The largest absolute Gasteiger partial charge is 0.449 e. The van der Waals surface area contributed by atoms with Gasteiger partial charge in [-0.3, -0.25) is 19.7 Å². The van der Waals surface area contributed by atoms with E-state index in [1.807, 2.05) is 0 Å². The van der Waals surface area contributed by atoms with Gasteiger partial charge in [0.1, 0.15) is 5.69 Å². The standard InChI is InChI=1S/C19H19N3O6/c1-11(23)13-5-4-6-15(9-13)21-18(24)12(2)28-19(25)14-7-8-16(20-3)17(10-14)22(26)27/h4-10,12,20H,1-3H3,(H,21,24)/t12-/m1/s1. The summed E-state index contributed by atoms with van der Waals surface area (Å²) in [5.74, 6) is -1.62. The fraction of sp³-hybridized carbons (Fsp3) is 0.211. The molecule has 0 fully saturated rings. The molecular weight excluding hydrogens is 366 g/mol. The molecule has 0 saturated carbocycles. The number of hydrogen-bond acceptors (Lipinski definition) is 7. The van der Waals surface area contributed by atoms with Crippen LogP contribution in [0.15, 0.2) is 42.5 Å². The maximum atomic E-state index is 12.2.